The molecular weight excluding hydrogens is 331 g/mol. The second kappa shape index (κ2) is 5.17. The predicted octanol–water partition coefficient (Wildman–Crippen LogP) is 3.60. The van der Waals surface area contributed by atoms with Gasteiger partial charge in [0.2, 0.25) is 0 Å². The summed E-state index contributed by atoms with van der Waals surface area (Å²) < 4.78 is 16.8. The monoisotopic (exact) mass is 356 g/mol. The van der Waals surface area contributed by atoms with Gasteiger partial charge in [-0.05, 0) is 56.9 Å². The van der Waals surface area contributed by atoms with E-state index in [1.807, 2.05) is 17.6 Å². The van der Waals surface area contributed by atoms with Gasteiger partial charge in [-0.15, -0.1) is 0 Å². The lowest BCUT2D eigenvalue weighted by molar-refractivity contribution is -0.138. The lowest BCUT2D eigenvalue weighted by Crippen LogP contribution is -2.52. The minimum atomic E-state index is -0.647. The van der Waals surface area contributed by atoms with Crippen molar-refractivity contribution < 1.29 is 14.6 Å². The average molecular weight is 356 g/mol. The SMILES string of the molecule is C[C@@]1(C[C@@H](O)C23CCC(O)(CC2)CC3)c2c(F)cccc2-c2cncn21. The second-order valence-electron chi connectivity index (χ2n) is 8.89. The highest BCUT2D eigenvalue weighted by Gasteiger charge is 2.53. The Labute approximate surface area is 152 Å². The van der Waals surface area contributed by atoms with Crippen LogP contribution in [-0.2, 0) is 5.54 Å². The van der Waals surface area contributed by atoms with Crippen molar-refractivity contribution in [3.63, 3.8) is 0 Å². The van der Waals surface area contributed by atoms with Crippen molar-refractivity contribution in [2.45, 2.75) is 69.1 Å². The Bertz CT molecular complexity index is 852. The number of halogens is 1. The van der Waals surface area contributed by atoms with E-state index < -0.39 is 17.2 Å². The normalized spacial score (nSPS) is 36.0. The summed E-state index contributed by atoms with van der Waals surface area (Å²) >= 11 is 0. The molecule has 1 aliphatic heterocycles. The molecule has 138 valence electrons. The highest BCUT2D eigenvalue weighted by Crippen LogP contribution is 2.57. The lowest BCUT2D eigenvalue weighted by atomic mass is 9.55. The van der Waals surface area contributed by atoms with Crippen LogP contribution in [0.15, 0.2) is 30.7 Å². The van der Waals surface area contributed by atoms with Crippen LogP contribution in [0.1, 0.15) is 57.4 Å². The first kappa shape index (κ1) is 16.5. The van der Waals surface area contributed by atoms with Crippen molar-refractivity contribution in [2.75, 3.05) is 0 Å². The summed E-state index contributed by atoms with van der Waals surface area (Å²) in [5.74, 6) is -0.222. The van der Waals surface area contributed by atoms with Crippen LogP contribution in [0.3, 0.4) is 0 Å². The van der Waals surface area contributed by atoms with E-state index in [9.17, 15) is 14.6 Å². The van der Waals surface area contributed by atoms with Crippen molar-refractivity contribution in [1.82, 2.24) is 9.55 Å². The predicted molar refractivity (Wildman–Crippen MR) is 96.1 cm³/mol. The number of rotatable bonds is 3. The smallest absolute Gasteiger partial charge is 0.129 e. The van der Waals surface area contributed by atoms with Crippen LogP contribution in [0.2, 0.25) is 0 Å². The largest absolute Gasteiger partial charge is 0.392 e. The van der Waals surface area contributed by atoms with Crippen molar-refractivity contribution in [3.8, 4) is 11.3 Å². The molecule has 0 radical (unpaired) electrons. The summed E-state index contributed by atoms with van der Waals surface area (Å²) in [6.07, 6.45) is 8.30. The van der Waals surface area contributed by atoms with Crippen LogP contribution in [-0.4, -0.2) is 31.5 Å². The van der Waals surface area contributed by atoms with Gasteiger partial charge in [0.1, 0.15) is 5.82 Å². The highest BCUT2D eigenvalue weighted by molar-refractivity contribution is 5.71. The van der Waals surface area contributed by atoms with Crippen LogP contribution in [0.25, 0.3) is 11.3 Å². The number of imidazole rings is 1. The Balaban J connectivity index is 1.53. The van der Waals surface area contributed by atoms with E-state index in [4.69, 9.17) is 0 Å². The number of benzene rings is 1. The fourth-order valence-corrected chi connectivity index (χ4v) is 5.78. The Hall–Kier alpha value is -1.72. The van der Waals surface area contributed by atoms with Gasteiger partial charge in [0.05, 0.1) is 35.5 Å². The minimum Gasteiger partial charge on any atom is -0.392 e. The molecule has 4 aliphatic rings. The molecule has 4 nitrogen and oxygen atoms in total. The summed E-state index contributed by atoms with van der Waals surface area (Å²) in [6, 6.07) is 5.17. The van der Waals surface area contributed by atoms with Gasteiger partial charge in [-0.25, -0.2) is 9.37 Å². The number of nitrogens with zero attached hydrogens (tertiary/aromatic N) is 2. The van der Waals surface area contributed by atoms with Crippen molar-refractivity contribution >= 4 is 0 Å². The number of hydrogen-bond donors (Lipinski definition) is 2. The Kier molecular flexibility index (Phi) is 3.27. The van der Waals surface area contributed by atoms with Crippen LogP contribution < -0.4 is 0 Å². The molecule has 0 spiro atoms. The Morgan fingerprint density at radius 1 is 1.19 bits per heavy atom. The fourth-order valence-electron chi connectivity index (χ4n) is 5.78. The van der Waals surface area contributed by atoms with Gasteiger partial charge >= 0.3 is 0 Å². The van der Waals surface area contributed by atoms with Crippen LogP contribution in [0.4, 0.5) is 4.39 Å². The molecule has 0 amide bonds. The molecule has 6 rings (SSSR count). The van der Waals surface area contributed by atoms with Crippen LogP contribution in [0.5, 0.6) is 0 Å². The van der Waals surface area contributed by atoms with Crippen LogP contribution in [0, 0.1) is 11.2 Å². The summed E-state index contributed by atoms with van der Waals surface area (Å²) in [6.45, 7) is 2.01. The standard InChI is InChI=1S/C21H25FN2O2/c1-19(11-17(25)20-5-8-21(26,9-6-20)10-7-20)18-14(3-2-4-15(18)22)16-12-23-13-24(16)19/h2-4,12-13,17,25-26H,5-11H2,1H3/t17-,19-,20?,21?/m1/s1. The summed E-state index contributed by atoms with van der Waals surface area (Å²) in [5, 5.41) is 21.8. The number of aliphatic hydroxyl groups is 2. The molecule has 3 fully saturated rings. The number of hydrogen-bond acceptors (Lipinski definition) is 3. The molecule has 0 saturated heterocycles. The Morgan fingerprint density at radius 2 is 1.88 bits per heavy atom. The molecule has 3 aliphatic carbocycles. The van der Waals surface area contributed by atoms with Crippen molar-refractivity contribution in [3.05, 3.63) is 42.1 Å². The summed E-state index contributed by atoms with van der Waals surface area (Å²) in [4.78, 5) is 4.27. The summed E-state index contributed by atoms with van der Waals surface area (Å²) in [5.41, 5.74) is 1.13. The van der Waals surface area contributed by atoms with E-state index in [0.29, 0.717) is 12.0 Å². The van der Waals surface area contributed by atoms with E-state index in [1.54, 1.807) is 18.6 Å². The minimum absolute atomic E-state index is 0.151. The van der Waals surface area contributed by atoms with E-state index in [0.717, 1.165) is 49.8 Å². The zero-order valence-corrected chi connectivity index (χ0v) is 15.1. The molecule has 1 aromatic heterocycles. The van der Waals surface area contributed by atoms with Gasteiger partial charge in [0, 0.05) is 17.5 Å². The molecular formula is C21H25FN2O2. The Morgan fingerprint density at radius 3 is 2.58 bits per heavy atom. The maximum absolute atomic E-state index is 14.8. The van der Waals surface area contributed by atoms with Gasteiger partial charge in [0.15, 0.2) is 0 Å². The fraction of sp³-hybridized carbons (Fsp3) is 0.571. The van der Waals surface area contributed by atoms with E-state index in [-0.39, 0.29) is 11.2 Å². The summed E-state index contributed by atoms with van der Waals surface area (Å²) in [7, 11) is 0. The van der Waals surface area contributed by atoms with Gasteiger partial charge in [0.25, 0.3) is 0 Å². The average Bonchev–Trinajstić information content (AvgIpc) is 3.19. The number of aliphatic hydroxyl groups excluding tert-OH is 1. The zero-order valence-electron chi connectivity index (χ0n) is 15.1. The third-order valence-corrected chi connectivity index (χ3v) is 7.56. The first-order valence-electron chi connectivity index (χ1n) is 9.60. The quantitative estimate of drug-likeness (QED) is 0.883. The third-order valence-electron chi connectivity index (χ3n) is 7.56. The molecule has 2 heterocycles. The molecule has 2 bridgehead atoms. The molecule has 3 saturated carbocycles. The molecule has 0 unspecified atom stereocenters. The molecule has 26 heavy (non-hydrogen) atoms. The molecule has 2 aromatic rings. The van der Waals surface area contributed by atoms with Gasteiger partial charge < -0.3 is 14.8 Å². The third kappa shape index (κ3) is 2.04. The van der Waals surface area contributed by atoms with Crippen molar-refractivity contribution in [1.29, 1.82) is 0 Å². The first-order chi connectivity index (χ1) is 12.4. The maximum atomic E-state index is 14.8. The number of fused-ring (bicyclic) bond motifs is 6. The van der Waals surface area contributed by atoms with Crippen molar-refractivity contribution in [2.24, 2.45) is 5.41 Å². The van der Waals surface area contributed by atoms with Gasteiger partial charge in [-0.1, -0.05) is 12.1 Å². The van der Waals surface area contributed by atoms with Gasteiger partial charge in [-0.2, -0.15) is 0 Å². The maximum Gasteiger partial charge on any atom is 0.129 e. The second-order valence-corrected chi connectivity index (χ2v) is 8.89. The molecule has 1 aromatic carbocycles. The van der Waals surface area contributed by atoms with E-state index in [2.05, 4.69) is 4.98 Å². The molecule has 2 N–H and O–H groups in total. The van der Waals surface area contributed by atoms with E-state index >= 15 is 0 Å². The number of aromatic nitrogens is 2. The van der Waals surface area contributed by atoms with Crippen LogP contribution >= 0.6 is 0 Å². The topological polar surface area (TPSA) is 58.3 Å². The molecule has 2 atom stereocenters. The zero-order chi connectivity index (χ0) is 18.2. The first-order valence-corrected chi connectivity index (χ1v) is 9.60. The highest BCUT2D eigenvalue weighted by atomic mass is 19.1. The van der Waals surface area contributed by atoms with Gasteiger partial charge in [-0.3, -0.25) is 0 Å². The molecule has 5 heteroatoms. The lowest BCUT2D eigenvalue weighted by Gasteiger charge is -2.54. The van der Waals surface area contributed by atoms with E-state index in [1.165, 1.54) is 6.07 Å².